The van der Waals surface area contributed by atoms with Crippen molar-refractivity contribution in [2.45, 2.75) is 24.9 Å². The Kier molecular flexibility index (Phi) is 5.35. The molecule has 0 aliphatic carbocycles. The topological polar surface area (TPSA) is 75.3 Å². The zero-order valence-electron chi connectivity index (χ0n) is 11.8. The standard InChI is InChI=1S/C17H20N2O2/c18-15(11-13-7-3-1-4-8-13)16(19-17(20)21)12-14-9-5-2-6-10-14/h1-10,15-16,19H,11-12,18H2,(H,20,21)/t15-,16+/m1/s1. The summed E-state index contributed by atoms with van der Waals surface area (Å²) in [6.45, 7) is 0. The molecule has 0 fully saturated rings. The Balaban J connectivity index is 2.06. The van der Waals surface area contributed by atoms with Gasteiger partial charge in [-0.2, -0.15) is 0 Å². The lowest BCUT2D eigenvalue weighted by Gasteiger charge is -2.24. The largest absolute Gasteiger partial charge is 0.465 e. The van der Waals surface area contributed by atoms with Crippen molar-refractivity contribution in [3.05, 3.63) is 71.8 Å². The van der Waals surface area contributed by atoms with E-state index >= 15 is 0 Å². The number of hydrogen-bond acceptors (Lipinski definition) is 2. The van der Waals surface area contributed by atoms with E-state index in [9.17, 15) is 4.79 Å². The molecule has 2 aromatic carbocycles. The molecule has 0 saturated heterocycles. The van der Waals surface area contributed by atoms with Crippen LogP contribution in [0.25, 0.3) is 0 Å². The highest BCUT2D eigenvalue weighted by Gasteiger charge is 2.20. The molecule has 4 heteroatoms. The van der Waals surface area contributed by atoms with Gasteiger partial charge in [-0.3, -0.25) is 0 Å². The van der Waals surface area contributed by atoms with Crippen LogP contribution in [0.15, 0.2) is 60.7 Å². The van der Waals surface area contributed by atoms with Gasteiger partial charge in [0, 0.05) is 6.04 Å². The molecule has 0 spiro atoms. The summed E-state index contributed by atoms with van der Waals surface area (Å²) in [6, 6.07) is 19.1. The van der Waals surface area contributed by atoms with Crippen LogP contribution in [0.1, 0.15) is 11.1 Å². The number of nitrogens with two attached hydrogens (primary N) is 1. The molecular formula is C17H20N2O2. The second-order valence-corrected chi connectivity index (χ2v) is 5.10. The van der Waals surface area contributed by atoms with Crippen molar-refractivity contribution in [2.75, 3.05) is 0 Å². The summed E-state index contributed by atoms with van der Waals surface area (Å²) < 4.78 is 0. The van der Waals surface area contributed by atoms with E-state index in [0.29, 0.717) is 12.8 Å². The SMILES string of the molecule is N[C@H](Cc1ccccc1)[C@H](Cc1ccccc1)NC(=O)O. The summed E-state index contributed by atoms with van der Waals surface area (Å²) in [5.41, 5.74) is 8.40. The molecule has 2 atom stereocenters. The number of carbonyl (C=O) groups is 1. The molecule has 4 N–H and O–H groups in total. The fourth-order valence-corrected chi connectivity index (χ4v) is 2.36. The van der Waals surface area contributed by atoms with Gasteiger partial charge in [-0.05, 0) is 24.0 Å². The van der Waals surface area contributed by atoms with Gasteiger partial charge in [-0.15, -0.1) is 0 Å². The zero-order valence-corrected chi connectivity index (χ0v) is 11.8. The molecule has 0 aromatic heterocycles. The first-order chi connectivity index (χ1) is 10.1. The van der Waals surface area contributed by atoms with E-state index in [1.54, 1.807) is 0 Å². The van der Waals surface area contributed by atoms with Crippen LogP contribution in [0.4, 0.5) is 4.79 Å². The first kappa shape index (κ1) is 15.1. The van der Waals surface area contributed by atoms with E-state index in [1.165, 1.54) is 0 Å². The summed E-state index contributed by atoms with van der Waals surface area (Å²) in [5.74, 6) is 0. The lowest BCUT2D eigenvalue weighted by atomic mass is 9.95. The molecule has 4 nitrogen and oxygen atoms in total. The van der Waals surface area contributed by atoms with Crippen LogP contribution in [-0.2, 0) is 12.8 Å². The molecule has 2 aromatic rings. The van der Waals surface area contributed by atoms with Crippen molar-refractivity contribution in [1.82, 2.24) is 5.32 Å². The minimum atomic E-state index is -1.04. The maximum Gasteiger partial charge on any atom is 0.404 e. The minimum absolute atomic E-state index is 0.274. The first-order valence-electron chi connectivity index (χ1n) is 6.98. The zero-order chi connectivity index (χ0) is 15.1. The molecule has 0 aliphatic heterocycles. The van der Waals surface area contributed by atoms with Gasteiger partial charge in [0.05, 0.1) is 6.04 Å². The fourth-order valence-electron chi connectivity index (χ4n) is 2.36. The van der Waals surface area contributed by atoms with Crippen LogP contribution >= 0.6 is 0 Å². The predicted molar refractivity (Wildman–Crippen MR) is 83.2 cm³/mol. The summed E-state index contributed by atoms with van der Waals surface area (Å²) >= 11 is 0. The van der Waals surface area contributed by atoms with Crippen molar-refractivity contribution < 1.29 is 9.90 Å². The highest BCUT2D eigenvalue weighted by molar-refractivity contribution is 5.65. The maximum absolute atomic E-state index is 11.0. The Morgan fingerprint density at radius 3 is 1.90 bits per heavy atom. The number of rotatable bonds is 6. The van der Waals surface area contributed by atoms with E-state index < -0.39 is 6.09 Å². The Bertz CT molecular complexity index is 558. The fraction of sp³-hybridized carbons (Fsp3) is 0.235. The van der Waals surface area contributed by atoms with Gasteiger partial charge in [0.2, 0.25) is 0 Å². The van der Waals surface area contributed by atoms with Crippen LogP contribution in [0.5, 0.6) is 0 Å². The molecule has 0 saturated carbocycles. The molecule has 21 heavy (non-hydrogen) atoms. The van der Waals surface area contributed by atoms with Gasteiger partial charge in [0.25, 0.3) is 0 Å². The van der Waals surface area contributed by atoms with E-state index in [4.69, 9.17) is 10.8 Å². The molecule has 2 rings (SSSR count). The molecule has 0 aliphatic rings. The van der Waals surface area contributed by atoms with E-state index in [1.807, 2.05) is 60.7 Å². The number of benzene rings is 2. The average molecular weight is 284 g/mol. The lowest BCUT2D eigenvalue weighted by molar-refractivity contribution is 0.187. The van der Waals surface area contributed by atoms with E-state index in [0.717, 1.165) is 11.1 Å². The van der Waals surface area contributed by atoms with Crippen molar-refractivity contribution in [3.63, 3.8) is 0 Å². The van der Waals surface area contributed by atoms with Crippen molar-refractivity contribution in [2.24, 2.45) is 5.73 Å². The van der Waals surface area contributed by atoms with E-state index in [-0.39, 0.29) is 12.1 Å². The van der Waals surface area contributed by atoms with Gasteiger partial charge in [0.1, 0.15) is 0 Å². The normalized spacial score (nSPS) is 13.4. The van der Waals surface area contributed by atoms with Gasteiger partial charge in [0.15, 0.2) is 0 Å². The lowest BCUT2D eigenvalue weighted by Crippen LogP contribution is -2.49. The molecule has 0 heterocycles. The second kappa shape index (κ2) is 7.45. The van der Waals surface area contributed by atoms with Crippen LogP contribution < -0.4 is 11.1 Å². The maximum atomic E-state index is 11.0. The highest BCUT2D eigenvalue weighted by atomic mass is 16.4. The van der Waals surface area contributed by atoms with Crippen LogP contribution in [-0.4, -0.2) is 23.3 Å². The van der Waals surface area contributed by atoms with Gasteiger partial charge >= 0.3 is 6.09 Å². The Labute approximate surface area is 124 Å². The van der Waals surface area contributed by atoms with Crippen LogP contribution in [0, 0.1) is 0 Å². The summed E-state index contributed by atoms with van der Waals surface area (Å²) in [7, 11) is 0. The van der Waals surface area contributed by atoms with Crippen molar-refractivity contribution >= 4 is 6.09 Å². The third kappa shape index (κ3) is 4.93. The smallest absolute Gasteiger partial charge is 0.404 e. The number of amides is 1. The number of hydrogen-bond donors (Lipinski definition) is 3. The molecular weight excluding hydrogens is 264 g/mol. The van der Waals surface area contributed by atoms with Crippen molar-refractivity contribution in [1.29, 1.82) is 0 Å². The Morgan fingerprint density at radius 1 is 0.952 bits per heavy atom. The van der Waals surface area contributed by atoms with Gasteiger partial charge in [-0.25, -0.2) is 4.79 Å². The molecule has 110 valence electrons. The predicted octanol–water partition coefficient (Wildman–Crippen LogP) is 2.44. The van der Waals surface area contributed by atoms with Gasteiger partial charge < -0.3 is 16.2 Å². The second-order valence-electron chi connectivity index (χ2n) is 5.10. The third-order valence-electron chi connectivity index (χ3n) is 3.44. The van der Waals surface area contributed by atoms with Gasteiger partial charge in [-0.1, -0.05) is 60.7 Å². The minimum Gasteiger partial charge on any atom is -0.465 e. The molecule has 1 amide bonds. The van der Waals surface area contributed by atoms with Crippen LogP contribution in [0.2, 0.25) is 0 Å². The molecule has 0 bridgehead atoms. The first-order valence-corrected chi connectivity index (χ1v) is 6.98. The Hall–Kier alpha value is -2.33. The van der Waals surface area contributed by atoms with Crippen molar-refractivity contribution in [3.8, 4) is 0 Å². The molecule has 0 unspecified atom stereocenters. The average Bonchev–Trinajstić information content (AvgIpc) is 2.48. The number of carboxylic acid groups (broad SMARTS) is 1. The highest BCUT2D eigenvalue weighted by Crippen LogP contribution is 2.10. The summed E-state index contributed by atoms with van der Waals surface area (Å²) in [4.78, 5) is 11.0. The number of nitrogens with one attached hydrogen (secondary N) is 1. The third-order valence-corrected chi connectivity index (χ3v) is 3.44. The van der Waals surface area contributed by atoms with E-state index in [2.05, 4.69) is 5.32 Å². The van der Waals surface area contributed by atoms with Crippen LogP contribution in [0.3, 0.4) is 0 Å². The Morgan fingerprint density at radius 2 is 1.43 bits per heavy atom. The quantitative estimate of drug-likeness (QED) is 0.762. The molecule has 0 radical (unpaired) electrons. The summed E-state index contributed by atoms with van der Waals surface area (Å²) in [5, 5.41) is 11.6. The monoisotopic (exact) mass is 284 g/mol. The summed E-state index contributed by atoms with van der Waals surface area (Å²) in [6.07, 6.45) is 0.180.